The van der Waals surface area contributed by atoms with Gasteiger partial charge in [0.1, 0.15) is 5.78 Å². The van der Waals surface area contributed by atoms with E-state index < -0.39 is 0 Å². The third kappa shape index (κ3) is 2.09. The summed E-state index contributed by atoms with van der Waals surface area (Å²) in [7, 11) is 0. The molecule has 0 aromatic heterocycles. The van der Waals surface area contributed by atoms with Crippen LogP contribution < -0.4 is 0 Å². The summed E-state index contributed by atoms with van der Waals surface area (Å²) < 4.78 is 0. The van der Waals surface area contributed by atoms with Crippen LogP contribution in [0.2, 0.25) is 0 Å². The molecule has 0 aliphatic heterocycles. The molecular weight excluding hydrogens is 308 g/mol. The van der Waals surface area contributed by atoms with Gasteiger partial charge in [-0.2, -0.15) is 0 Å². The lowest BCUT2D eigenvalue weighted by Crippen LogP contribution is -2.54. The van der Waals surface area contributed by atoms with E-state index in [-0.39, 0.29) is 16.2 Å². The number of rotatable bonds is 1. The molecule has 2 heteroatoms. The van der Waals surface area contributed by atoms with Gasteiger partial charge in [-0.05, 0) is 86.0 Å². The molecule has 0 bridgehead atoms. The van der Waals surface area contributed by atoms with Gasteiger partial charge in [0.2, 0.25) is 0 Å². The van der Waals surface area contributed by atoms with Crippen molar-refractivity contribution < 1.29 is 9.59 Å². The van der Waals surface area contributed by atoms with Crippen LogP contribution in [0.5, 0.6) is 0 Å². The number of carbonyl (C=O) groups excluding carboxylic acids is 2. The lowest BCUT2D eigenvalue weighted by atomic mass is 9.44. The number of hydrogen-bond acceptors (Lipinski definition) is 2. The number of fused-ring (bicyclic) bond motifs is 5. The normalized spacial score (nSPS) is 52.0. The Morgan fingerprint density at radius 1 is 1.08 bits per heavy atom. The zero-order valence-corrected chi connectivity index (χ0v) is 16.7. The highest BCUT2D eigenvalue weighted by atomic mass is 16.1. The standard InChI is InChI=1S/C23H34O2/c1-14-12-17-18(21(3)9-6-16(25)13-20(14)21)7-11-23(5)19(17)8-10-22(23,4)15(2)24/h13-14,17-19H,6-12H2,1-5H3/t14?,17-,18-,19-,21+,22+,23-/m0/s1. The Morgan fingerprint density at radius 3 is 2.44 bits per heavy atom. The van der Waals surface area contributed by atoms with Crippen LogP contribution in [-0.2, 0) is 9.59 Å². The van der Waals surface area contributed by atoms with Crippen molar-refractivity contribution in [1.29, 1.82) is 0 Å². The molecule has 4 rings (SSSR count). The Hall–Kier alpha value is -0.920. The van der Waals surface area contributed by atoms with Crippen LogP contribution in [0.3, 0.4) is 0 Å². The first kappa shape index (κ1) is 17.5. The molecule has 1 unspecified atom stereocenters. The average Bonchev–Trinajstić information content (AvgIpc) is 2.83. The highest BCUT2D eigenvalue weighted by Gasteiger charge is 2.64. The molecule has 0 radical (unpaired) electrons. The van der Waals surface area contributed by atoms with Gasteiger partial charge < -0.3 is 0 Å². The summed E-state index contributed by atoms with van der Waals surface area (Å²) in [5.41, 5.74) is 1.70. The van der Waals surface area contributed by atoms with Crippen molar-refractivity contribution in [2.75, 3.05) is 0 Å². The third-order valence-corrected chi connectivity index (χ3v) is 9.66. The Morgan fingerprint density at radius 2 is 1.76 bits per heavy atom. The second kappa shape index (κ2) is 5.30. The molecule has 3 saturated carbocycles. The van der Waals surface area contributed by atoms with Crippen molar-refractivity contribution in [3.05, 3.63) is 11.6 Å². The topological polar surface area (TPSA) is 34.1 Å². The van der Waals surface area contributed by atoms with E-state index >= 15 is 0 Å². The van der Waals surface area contributed by atoms with E-state index in [2.05, 4.69) is 27.7 Å². The van der Waals surface area contributed by atoms with Gasteiger partial charge >= 0.3 is 0 Å². The fraction of sp³-hybridized carbons (Fsp3) is 0.826. The highest BCUT2D eigenvalue weighted by molar-refractivity contribution is 5.91. The minimum atomic E-state index is -0.134. The Balaban J connectivity index is 1.73. The van der Waals surface area contributed by atoms with Gasteiger partial charge in [-0.3, -0.25) is 9.59 Å². The molecule has 7 atom stereocenters. The SMILES string of the molecule is CC(=O)[C@@]1(C)CC[C@H]2[C@H]3CC(C)C4=CC(=O)CC[C@]4(C)[C@H]3CC[C@@]21C. The molecule has 3 fully saturated rings. The second-order valence-electron chi connectivity index (χ2n) is 10.4. The zero-order chi connectivity index (χ0) is 18.2. The number of hydrogen-bond donors (Lipinski definition) is 0. The van der Waals surface area contributed by atoms with E-state index in [9.17, 15) is 9.59 Å². The van der Waals surface area contributed by atoms with E-state index in [1.54, 1.807) is 0 Å². The van der Waals surface area contributed by atoms with Crippen molar-refractivity contribution in [1.82, 2.24) is 0 Å². The van der Waals surface area contributed by atoms with Gasteiger partial charge in [-0.25, -0.2) is 0 Å². The van der Waals surface area contributed by atoms with Crippen molar-refractivity contribution >= 4 is 11.6 Å². The summed E-state index contributed by atoms with van der Waals surface area (Å²) in [6, 6.07) is 0. The molecule has 0 aromatic rings. The van der Waals surface area contributed by atoms with Crippen LogP contribution in [0.15, 0.2) is 11.6 Å². The summed E-state index contributed by atoms with van der Waals surface area (Å²) in [5.74, 6) is 3.36. The van der Waals surface area contributed by atoms with Crippen molar-refractivity contribution in [2.45, 2.75) is 79.6 Å². The first-order valence-electron chi connectivity index (χ1n) is 10.4. The first-order valence-corrected chi connectivity index (χ1v) is 10.4. The summed E-state index contributed by atoms with van der Waals surface area (Å²) in [6.45, 7) is 11.3. The van der Waals surface area contributed by atoms with Gasteiger partial charge in [0, 0.05) is 11.8 Å². The van der Waals surface area contributed by atoms with Gasteiger partial charge in [0.25, 0.3) is 0 Å². The third-order valence-electron chi connectivity index (χ3n) is 9.66. The highest BCUT2D eigenvalue weighted by Crippen LogP contribution is 2.70. The van der Waals surface area contributed by atoms with Crippen LogP contribution in [0.1, 0.15) is 79.6 Å². The van der Waals surface area contributed by atoms with E-state index in [0.717, 1.165) is 25.2 Å². The second-order valence-corrected chi connectivity index (χ2v) is 10.4. The van der Waals surface area contributed by atoms with Crippen molar-refractivity contribution in [3.8, 4) is 0 Å². The molecule has 0 saturated heterocycles. The van der Waals surface area contributed by atoms with E-state index in [4.69, 9.17) is 0 Å². The maximum absolute atomic E-state index is 12.5. The van der Waals surface area contributed by atoms with Gasteiger partial charge in [-0.15, -0.1) is 0 Å². The van der Waals surface area contributed by atoms with Crippen LogP contribution in [0.25, 0.3) is 0 Å². The summed E-state index contributed by atoms with van der Waals surface area (Å²) >= 11 is 0. The number of carbonyl (C=O) groups is 2. The molecule has 4 aliphatic rings. The monoisotopic (exact) mass is 342 g/mol. The van der Waals surface area contributed by atoms with Crippen LogP contribution in [0, 0.1) is 39.9 Å². The fourth-order valence-corrected chi connectivity index (χ4v) is 7.83. The van der Waals surface area contributed by atoms with Crippen LogP contribution >= 0.6 is 0 Å². The minimum absolute atomic E-state index is 0.134. The zero-order valence-electron chi connectivity index (χ0n) is 16.7. The number of allylic oxidation sites excluding steroid dienone is 1. The summed E-state index contributed by atoms with van der Waals surface area (Å²) in [4.78, 5) is 24.6. The molecule has 0 spiro atoms. The van der Waals surface area contributed by atoms with Crippen LogP contribution in [-0.4, -0.2) is 11.6 Å². The van der Waals surface area contributed by atoms with E-state index in [1.807, 2.05) is 13.0 Å². The van der Waals surface area contributed by atoms with E-state index in [0.29, 0.717) is 29.3 Å². The quantitative estimate of drug-likeness (QED) is 0.643. The lowest BCUT2D eigenvalue weighted by molar-refractivity contribution is -0.140. The molecule has 25 heavy (non-hydrogen) atoms. The maximum atomic E-state index is 12.5. The smallest absolute Gasteiger partial charge is 0.155 e. The Kier molecular flexibility index (Phi) is 3.71. The largest absolute Gasteiger partial charge is 0.299 e. The number of ketones is 2. The molecule has 4 aliphatic carbocycles. The van der Waals surface area contributed by atoms with Gasteiger partial charge in [0.15, 0.2) is 5.78 Å². The molecule has 0 amide bonds. The summed E-state index contributed by atoms with van der Waals surface area (Å²) in [5, 5.41) is 0. The van der Waals surface area contributed by atoms with Crippen molar-refractivity contribution in [2.24, 2.45) is 39.9 Å². The Bertz CT molecular complexity index is 661. The predicted octanol–water partition coefficient (Wildman–Crippen LogP) is 5.36. The lowest BCUT2D eigenvalue weighted by Gasteiger charge is -2.60. The first-order chi connectivity index (χ1) is 11.6. The molecule has 0 N–H and O–H groups in total. The molecule has 0 heterocycles. The fourth-order valence-electron chi connectivity index (χ4n) is 7.83. The average molecular weight is 343 g/mol. The van der Waals surface area contributed by atoms with E-state index in [1.165, 1.54) is 31.3 Å². The van der Waals surface area contributed by atoms with Crippen LogP contribution in [0.4, 0.5) is 0 Å². The minimum Gasteiger partial charge on any atom is -0.299 e. The number of Topliss-reactive ketones (excluding diaryl/α,β-unsaturated/α-hetero) is 1. The van der Waals surface area contributed by atoms with Gasteiger partial charge in [-0.1, -0.05) is 33.3 Å². The molecular formula is C23H34O2. The predicted molar refractivity (Wildman–Crippen MR) is 100 cm³/mol. The Labute approximate surface area is 152 Å². The van der Waals surface area contributed by atoms with Gasteiger partial charge in [0.05, 0.1) is 0 Å². The molecule has 138 valence electrons. The molecule has 0 aromatic carbocycles. The summed E-state index contributed by atoms with van der Waals surface area (Å²) in [6.07, 6.45) is 9.68. The maximum Gasteiger partial charge on any atom is 0.155 e. The molecule has 2 nitrogen and oxygen atoms in total. The van der Waals surface area contributed by atoms with Crippen molar-refractivity contribution in [3.63, 3.8) is 0 Å².